The number of hydrogen-bond donors (Lipinski definition) is 0. The summed E-state index contributed by atoms with van der Waals surface area (Å²) in [5.74, 6) is 0. The van der Waals surface area contributed by atoms with Crippen LogP contribution in [0.1, 0.15) is 59.1 Å². The van der Waals surface area contributed by atoms with Crippen LogP contribution in [0.2, 0.25) is 0 Å². The van der Waals surface area contributed by atoms with Crippen molar-refractivity contribution >= 4 is 15.9 Å². The largest absolute Gasteiger partial charge is 0.248 e. The van der Waals surface area contributed by atoms with E-state index in [4.69, 9.17) is 0 Å². The van der Waals surface area contributed by atoms with E-state index in [1.54, 1.807) is 0 Å². The van der Waals surface area contributed by atoms with Crippen molar-refractivity contribution < 1.29 is 0 Å². The Kier molecular flexibility index (Phi) is 4.96. The summed E-state index contributed by atoms with van der Waals surface area (Å²) in [6, 6.07) is 0. The van der Waals surface area contributed by atoms with Crippen LogP contribution in [0.25, 0.3) is 0 Å². The van der Waals surface area contributed by atoms with Crippen LogP contribution in [0.3, 0.4) is 0 Å². The molecule has 3 nitrogen and oxygen atoms in total. The fourth-order valence-corrected chi connectivity index (χ4v) is 2.70. The summed E-state index contributed by atoms with van der Waals surface area (Å²) < 4.78 is 2.93. The Morgan fingerprint density at radius 2 is 1.88 bits per heavy atom. The molecule has 1 aromatic heterocycles. The number of aryl methyl sites for hydroxylation is 1. The average molecular weight is 288 g/mol. The zero-order valence-corrected chi connectivity index (χ0v) is 12.3. The molecule has 0 aliphatic rings. The molecule has 0 aliphatic carbocycles. The minimum Gasteiger partial charge on any atom is -0.248 e. The van der Waals surface area contributed by atoms with Crippen molar-refractivity contribution in [2.24, 2.45) is 0 Å². The molecule has 4 heteroatoms. The molecule has 0 amide bonds. The van der Waals surface area contributed by atoms with Crippen molar-refractivity contribution in [3.63, 3.8) is 0 Å². The summed E-state index contributed by atoms with van der Waals surface area (Å²) in [6.07, 6.45) is 5.04. The van der Waals surface area contributed by atoms with Crippen molar-refractivity contribution in [1.82, 2.24) is 15.0 Å². The quantitative estimate of drug-likeness (QED) is 0.769. The predicted molar refractivity (Wildman–Crippen MR) is 70.6 cm³/mol. The summed E-state index contributed by atoms with van der Waals surface area (Å²) in [5.41, 5.74) is 1.29. The number of nitrogens with zero attached hydrogens (tertiary/aromatic N) is 3. The van der Waals surface area contributed by atoms with E-state index in [1.165, 1.54) is 31.4 Å². The summed E-state index contributed by atoms with van der Waals surface area (Å²) in [6.45, 7) is 9.79. The van der Waals surface area contributed by atoms with Crippen LogP contribution in [0.5, 0.6) is 0 Å². The molecule has 0 bridgehead atoms. The zero-order valence-electron chi connectivity index (χ0n) is 10.8. The van der Waals surface area contributed by atoms with Gasteiger partial charge in [0.25, 0.3) is 0 Å². The lowest BCUT2D eigenvalue weighted by molar-refractivity contribution is 0.458. The van der Waals surface area contributed by atoms with E-state index in [0.29, 0.717) is 0 Å². The number of hydrogen-bond acceptors (Lipinski definition) is 2. The predicted octanol–water partition coefficient (Wildman–Crippen LogP) is 3.92. The van der Waals surface area contributed by atoms with Crippen molar-refractivity contribution in [3.8, 4) is 0 Å². The lowest BCUT2D eigenvalue weighted by atomic mass is 9.92. The highest BCUT2D eigenvalue weighted by Crippen LogP contribution is 2.28. The second-order valence-electron chi connectivity index (χ2n) is 5.26. The maximum atomic E-state index is 4.20. The van der Waals surface area contributed by atoms with Gasteiger partial charge in [-0.25, -0.2) is 4.68 Å². The van der Waals surface area contributed by atoms with Crippen LogP contribution in [0.15, 0.2) is 4.60 Å². The molecule has 1 heterocycles. The molecule has 0 atom stereocenters. The van der Waals surface area contributed by atoms with E-state index in [1.807, 2.05) is 4.68 Å². The monoisotopic (exact) mass is 287 g/mol. The zero-order chi connectivity index (χ0) is 12.2. The Bertz CT molecular complexity index is 325. The highest BCUT2D eigenvalue weighted by atomic mass is 79.9. The summed E-state index contributed by atoms with van der Waals surface area (Å²) in [5, 5.41) is 8.31. The first kappa shape index (κ1) is 13.7. The molecule has 92 valence electrons. The average Bonchev–Trinajstić information content (AvgIpc) is 2.54. The van der Waals surface area contributed by atoms with Gasteiger partial charge < -0.3 is 0 Å². The molecule has 0 saturated carbocycles. The Morgan fingerprint density at radius 3 is 2.44 bits per heavy atom. The smallest absolute Gasteiger partial charge is 0.152 e. The van der Waals surface area contributed by atoms with E-state index in [9.17, 15) is 0 Å². The van der Waals surface area contributed by atoms with Gasteiger partial charge in [-0.3, -0.25) is 0 Å². The molecule has 0 spiro atoms. The van der Waals surface area contributed by atoms with Gasteiger partial charge in [0.1, 0.15) is 0 Å². The highest BCUT2D eigenvalue weighted by molar-refractivity contribution is 9.10. The Morgan fingerprint density at radius 1 is 1.19 bits per heavy atom. The third kappa shape index (κ3) is 3.58. The van der Waals surface area contributed by atoms with Gasteiger partial charge in [-0.05, 0) is 22.4 Å². The van der Waals surface area contributed by atoms with E-state index >= 15 is 0 Å². The van der Waals surface area contributed by atoms with Gasteiger partial charge in [0.05, 0.1) is 5.69 Å². The first-order chi connectivity index (χ1) is 7.46. The molecule has 0 aliphatic heterocycles. The van der Waals surface area contributed by atoms with Crippen molar-refractivity contribution in [1.29, 1.82) is 0 Å². The van der Waals surface area contributed by atoms with Gasteiger partial charge in [-0.15, -0.1) is 5.10 Å². The van der Waals surface area contributed by atoms with Gasteiger partial charge in [-0.1, -0.05) is 52.2 Å². The van der Waals surface area contributed by atoms with Gasteiger partial charge in [-0.2, -0.15) is 0 Å². The first-order valence-corrected chi connectivity index (χ1v) is 6.85. The standard InChI is InChI=1S/C12H22BrN3/c1-5-6-7-8-9-16-10(12(2,3)4)11(13)14-15-16/h5-9H2,1-4H3. The molecule has 0 unspecified atom stereocenters. The Balaban J connectivity index is 2.66. The number of unbranched alkanes of at least 4 members (excludes halogenated alkanes) is 3. The lowest BCUT2D eigenvalue weighted by Crippen LogP contribution is -2.19. The number of aromatic nitrogens is 3. The minimum absolute atomic E-state index is 0.0904. The Labute approximate surface area is 107 Å². The topological polar surface area (TPSA) is 30.7 Å². The summed E-state index contributed by atoms with van der Waals surface area (Å²) >= 11 is 3.48. The van der Waals surface area contributed by atoms with Crippen LogP contribution in [-0.2, 0) is 12.0 Å². The SMILES string of the molecule is CCCCCCn1nnc(Br)c1C(C)(C)C. The van der Waals surface area contributed by atoms with E-state index in [0.717, 1.165) is 11.1 Å². The van der Waals surface area contributed by atoms with Crippen molar-refractivity contribution in [2.45, 2.75) is 65.3 Å². The second kappa shape index (κ2) is 5.80. The molecule has 0 fully saturated rings. The molecule has 0 radical (unpaired) electrons. The third-order valence-electron chi connectivity index (χ3n) is 2.63. The summed E-state index contributed by atoms with van der Waals surface area (Å²) in [7, 11) is 0. The van der Waals surface area contributed by atoms with E-state index in [2.05, 4.69) is 53.9 Å². The molecule has 16 heavy (non-hydrogen) atoms. The van der Waals surface area contributed by atoms with Crippen LogP contribution in [0.4, 0.5) is 0 Å². The minimum atomic E-state index is 0.0904. The molecule has 0 saturated heterocycles. The van der Waals surface area contributed by atoms with E-state index in [-0.39, 0.29) is 5.41 Å². The van der Waals surface area contributed by atoms with Gasteiger partial charge in [0.15, 0.2) is 4.60 Å². The maximum Gasteiger partial charge on any atom is 0.152 e. The molecule has 0 aromatic carbocycles. The van der Waals surface area contributed by atoms with Gasteiger partial charge >= 0.3 is 0 Å². The van der Waals surface area contributed by atoms with E-state index < -0.39 is 0 Å². The molecule has 1 rings (SSSR count). The lowest BCUT2D eigenvalue weighted by Gasteiger charge is -2.19. The highest BCUT2D eigenvalue weighted by Gasteiger charge is 2.23. The molecular weight excluding hydrogens is 266 g/mol. The summed E-state index contributed by atoms with van der Waals surface area (Å²) in [4.78, 5) is 0. The van der Waals surface area contributed by atoms with Gasteiger partial charge in [0.2, 0.25) is 0 Å². The second-order valence-corrected chi connectivity index (χ2v) is 6.01. The molecule has 0 N–H and O–H groups in total. The van der Waals surface area contributed by atoms with Crippen LogP contribution in [-0.4, -0.2) is 15.0 Å². The van der Waals surface area contributed by atoms with Crippen molar-refractivity contribution in [2.75, 3.05) is 0 Å². The van der Waals surface area contributed by atoms with Crippen molar-refractivity contribution in [3.05, 3.63) is 10.3 Å². The van der Waals surface area contributed by atoms with Crippen LogP contribution < -0.4 is 0 Å². The first-order valence-electron chi connectivity index (χ1n) is 6.06. The van der Waals surface area contributed by atoms with Crippen LogP contribution in [0, 0.1) is 0 Å². The third-order valence-corrected chi connectivity index (χ3v) is 3.16. The fraction of sp³-hybridized carbons (Fsp3) is 0.833. The molecule has 1 aromatic rings. The number of halogens is 1. The Hall–Kier alpha value is -0.380. The fourth-order valence-electron chi connectivity index (χ4n) is 1.83. The maximum absolute atomic E-state index is 4.20. The normalized spacial score (nSPS) is 12.1. The van der Waals surface area contributed by atoms with Crippen LogP contribution >= 0.6 is 15.9 Å². The number of rotatable bonds is 5. The van der Waals surface area contributed by atoms with Gasteiger partial charge in [0, 0.05) is 12.0 Å². The molecular formula is C12H22BrN3.